The smallest absolute Gasteiger partial charge is 0.335 e. The van der Waals surface area contributed by atoms with Gasteiger partial charge in [0, 0.05) is 16.9 Å². The molecule has 2 aromatic rings. The van der Waals surface area contributed by atoms with E-state index in [9.17, 15) is 4.79 Å². The normalized spacial score (nSPS) is 11.5. The summed E-state index contributed by atoms with van der Waals surface area (Å²) in [4.78, 5) is 13.7. The average Bonchev–Trinajstić information content (AvgIpc) is 2.49. The fourth-order valence-electron chi connectivity index (χ4n) is 2.05. The van der Waals surface area contributed by atoms with E-state index in [1.165, 1.54) is 0 Å². The zero-order valence-electron chi connectivity index (χ0n) is 12.3. The van der Waals surface area contributed by atoms with Crippen molar-refractivity contribution in [2.45, 2.75) is 20.1 Å². The average molecular weight is 281 g/mol. The van der Waals surface area contributed by atoms with Crippen LogP contribution in [0.1, 0.15) is 13.8 Å². The van der Waals surface area contributed by atoms with Crippen LogP contribution in [0.5, 0.6) is 0 Å². The number of anilines is 2. The number of carbonyl (C=O) groups is 1. The number of hydrogen-bond acceptors (Lipinski definition) is 3. The van der Waals surface area contributed by atoms with Gasteiger partial charge in [0.1, 0.15) is 0 Å². The maximum atomic E-state index is 11.8. The van der Waals surface area contributed by atoms with Gasteiger partial charge in [-0.15, -0.1) is 0 Å². The lowest BCUT2D eigenvalue weighted by atomic mass is 10.2. The van der Waals surface area contributed by atoms with E-state index in [-0.39, 0.29) is 5.97 Å². The first-order valence-electron chi connectivity index (χ1n) is 6.85. The minimum atomic E-state index is -0.431. The van der Waals surface area contributed by atoms with Crippen molar-refractivity contribution in [1.29, 1.82) is 0 Å². The van der Waals surface area contributed by atoms with E-state index in [0.29, 0.717) is 5.57 Å². The zero-order valence-corrected chi connectivity index (χ0v) is 12.3. The van der Waals surface area contributed by atoms with Gasteiger partial charge in [0.05, 0.1) is 0 Å². The van der Waals surface area contributed by atoms with Gasteiger partial charge in [0.15, 0.2) is 6.23 Å². The Morgan fingerprint density at radius 3 is 1.81 bits per heavy atom. The minimum absolute atomic E-state index is 0.389. The molecule has 108 valence electrons. The predicted molar refractivity (Wildman–Crippen MR) is 85.4 cm³/mol. The first-order valence-corrected chi connectivity index (χ1v) is 6.85. The highest BCUT2D eigenvalue weighted by Crippen LogP contribution is 2.28. The number of nitrogens with zero attached hydrogens (tertiary/aromatic N) is 1. The largest absolute Gasteiger partial charge is 0.438 e. The summed E-state index contributed by atoms with van der Waals surface area (Å²) in [6.45, 7) is 7.11. The molecule has 0 saturated heterocycles. The molecule has 3 nitrogen and oxygen atoms in total. The molecule has 21 heavy (non-hydrogen) atoms. The Morgan fingerprint density at radius 2 is 1.43 bits per heavy atom. The fourth-order valence-corrected chi connectivity index (χ4v) is 2.05. The van der Waals surface area contributed by atoms with Crippen molar-refractivity contribution in [2.75, 3.05) is 4.90 Å². The van der Waals surface area contributed by atoms with Crippen LogP contribution in [0.25, 0.3) is 0 Å². The van der Waals surface area contributed by atoms with Crippen LogP contribution in [-0.2, 0) is 9.53 Å². The molecule has 2 rings (SSSR count). The summed E-state index contributed by atoms with van der Waals surface area (Å²) < 4.78 is 5.47. The molecule has 0 saturated carbocycles. The van der Waals surface area contributed by atoms with E-state index in [1.54, 1.807) is 6.92 Å². The van der Waals surface area contributed by atoms with Gasteiger partial charge >= 0.3 is 5.97 Å². The van der Waals surface area contributed by atoms with Crippen molar-refractivity contribution in [3.63, 3.8) is 0 Å². The molecule has 0 heterocycles. The van der Waals surface area contributed by atoms with Gasteiger partial charge in [-0.05, 0) is 38.1 Å². The van der Waals surface area contributed by atoms with Crippen molar-refractivity contribution < 1.29 is 9.53 Å². The predicted octanol–water partition coefficient (Wildman–Crippen LogP) is 4.29. The van der Waals surface area contributed by atoms with Gasteiger partial charge < -0.3 is 9.64 Å². The second-order valence-corrected chi connectivity index (χ2v) is 4.83. The van der Waals surface area contributed by atoms with Gasteiger partial charge in [0.25, 0.3) is 0 Å². The summed E-state index contributed by atoms with van der Waals surface area (Å²) in [5.74, 6) is -0.389. The lowest BCUT2D eigenvalue weighted by Gasteiger charge is -2.30. The number of ether oxygens (including phenoxy) is 1. The molecule has 0 aliphatic rings. The SMILES string of the molecule is C=C(C)C(=O)OC(C)N(c1ccccc1)c1ccccc1. The molecular weight excluding hydrogens is 262 g/mol. The molecule has 0 spiro atoms. The second kappa shape index (κ2) is 6.75. The third kappa shape index (κ3) is 3.72. The van der Waals surface area contributed by atoms with Crippen LogP contribution < -0.4 is 4.90 Å². The minimum Gasteiger partial charge on any atom is -0.438 e. The van der Waals surface area contributed by atoms with Crippen molar-refractivity contribution in [3.05, 3.63) is 72.8 Å². The first kappa shape index (κ1) is 14.9. The van der Waals surface area contributed by atoms with E-state index in [4.69, 9.17) is 4.74 Å². The molecule has 0 radical (unpaired) electrons. The fraction of sp³-hybridized carbons (Fsp3) is 0.167. The third-order valence-corrected chi connectivity index (χ3v) is 3.06. The quantitative estimate of drug-likeness (QED) is 0.465. The van der Waals surface area contributed by atoms with Crippen LogP contribution in [0.3, 0.4) is 0 Å². The molecule has 0 bridgehead atoms. The van der Waals surface area contributed by atoms with Crippen LogP contribution in [0.4, 0.5) is 11.4 Å². The summed E-state index contributed by atoms with van der Waals surface area (Å²) in [5.41, 5.74) is 2.32. The lowest BCUT2D eigenvalue weighted by Crippen LogP contribution is -2.33. The van der Waals surface area contributed by atoms with Crippen molar-refractivity contribution >= 4 is 17.3 Å². The summed E-state index contributed by atoms with van der Waals surface area (Å²) in [6.07, 6.45) is -0.431. The van der Waals surface area contributed by atoms with Crippen LogP contribution in [0, 0.1) is 0 Å². The van der Waals surface area contributed by atoms with Gasteiger partial charge in [-0.25, -0.2) is 4.79 Å². The molecule has 3 heteroatoms. The maximum Gasteiger partial charge on any atom is 0.335 e. The van der Waals surface area contributed by atoms with E-state index in [0.717, 1.165) is 11.4 Å². The van der Waals surface area contributed by atoms with Crippen LogP contribution in [0.15, 0.2) is 72.8 Å². The summed E-state index contributed by atoms with van der Waals surface area (Å²) >= 11 is 0. The molecule has 0 aliphatic heterocycles. The Labute approximate surface area is 125 Å². The number of benzene rings is 2. The zero-order chi connectivity index (χ0) is 15.2. The summed E-state index contributed by atoms with van der Waals surface area (Å²) in [7, 11) is 0. The molecule has 1 atom stereocenters. The molecule has 0 aliphatic carbocycles. The maximum absolute atomic E-state index is 11.8. The molecule has 2 aromatic carbocycles. The van der Waals surface area contributed by atoms with Crippen molar-refractivity contribution in [3.8, 4) is 0 Å². The topological polar surface area (TPSA) is 29.5 Å². The van der Waals surface area contributed by atoms with Gasteiger partial charge in [-0.2, -0.15) is 0 Å². The standard InChI is InChI=1S/C18H19NO2/c1-14(2)18(20)21-15(3)19(16-10-6-4-7-11-16)17-12-8-5-9-13-17/h4-13,15H,1H2,2-3H3. The number of hydrogen-bond donors (Lipinski definition) is 0. The number of para-hydroxylation sites is 2. The highest BCUT2D eigenvalue weighted by molar-refractivity contribution is 5.87. The van der Waals surface area contributed by atoms with E-state index >= 15 is 0 Å². The molecule has 0 fully saturated rings. The van der Waals surface area contributed by atoms with Crippen LogP contribution in [-0.4, -0.2) is 12.2 Å². The first-order chi connectivity index (χ1) is 10.1. The molecule has 1 unspecified atom stereocenters. The van der Waals surface area contributed by atoms with Gasteiger partial charge in [0.2, 0.25) is 0 Å². The molecule has 0 aromatic heterocycles. The molecule has 0 amide bonds. The van der Waals surface area contributed by atoms with Gasteiger partial charge in [-0.3, -0.25) is 0 Å². The Kier molecular flexibility index (Phi) is 4.77. The highest BCUT2D eigenvalue weighted by Gasteiger charge is 2.20. The monoisotopic (exact) mass is 281 g/mol. The highest BCUT2D eigenvalue weighted by atomic mass is 16.6. The Morgan fingerprint density at radius 1 is 1.00 bits per heavy atom. The summed E-state index contributed by atoms with van der Waals surface area (Å²) in [6, 6.07) is 19.7. The molecule has 0 N–H and O–H groups in total. The summed E-state index contributed by atoms with van der Waals surface area (Å²) in [5, 5.41) is 0. The van der Waals surface area contributed by atoms with Crippen LogP contribution in [0.2, 0.25) is 0 Å². The van der Waals surface area contributed by atoms with Gasteiger partial charge in [-0.1, -0.05) is 43.0 Å². The third-order valence-electron chi connectivity index (χ3n) is 3.06. The Balaban J connectivity index is 2.33. The number of carbonyl (C=O) groups excluding carboxylic acids is 1. The Hall–Kier alpha value is -2.55. The number of esters is 1. The van der Waals surface area contributed by atoms with Crippen molar-refractivity contribution in [2.24, 2.45) is 0 Å². The van der Waals surface area contributed by atoms with Crippen molar-refractivity contribution in [1.82, 2.24) is 0 Å². The van der Waals surface area contributed by atoms with E-state index in [1.807, 2.05) is 72.5 Å². The number of rotatable bonds is 5. The van der Waals surface area contributed by atoms with E-state index < -0.39 is 6.23 Å². The Bertz CT molecular complexity index is 568. The van der Waals surface area contributed by atoms with E-state index in [2.05, 4.69) is 6.58 Å². The lowest BCUT2D eigenvalue weighted by molar-refractivity contribution is -0.143. The second-order valence-electron chi connectivity index (χ2n) is 4.83. The molecular formula is C18H19NO2. The van der Waals surface area contributed by atoms with Crippen LogP contribution >= 0.6 is 0 Å².